The van der Waals surface area contributed by atoms with Gasteiger partial charge in [0.25, 0.3) is 0 Å². The van der Waals surface area contributed by atoms with E-state index >= 15 is 0 Å². The summed E-state index contributed by atoms with van der Waals surface area (Å²) >= 11 is 0. The van der Waals surface area contributed by atoms with Crippen LogP contribution in [0.2, 0.25) is 0 Å². The fourth-order valence-electron chi connectivity index (χ4n) is 1.95. The van der Waals surface area contributed by atoms with E-state index < -0.39 is 15.8 Å². The molecule has 0 atom stereocenters. The average molecular weight is 351 g/mol. The predicted molar refractivity (Wildman–Crippen MR) is 95.0 cm³/mol. The van der Waals surface area contributed by atoms with Crippen LogP contribution >= 0.6 is 0 Å². The largest absolute Gasteiger partial charge is 0.462 e. The number of rotatable bonds is 9. The third-order valence-electron chi connectivity index (χ3n) is 3.34. The number of carbonyl (C=O) groups excluding carboxylic acids is 1. The first-order chi connectivity index (χ1) is 11.5. The van der Waals surface area contributed by atoms with Crippen LogP contribution in [0.4, 0.5) is 0 Å². The van der Waals surface area contributed by atoms with Crippen molar-refractivity contribution in [1.82, 2.24) is 4.90 Å². The molecule has 6 heteroatoms. The summed E-state index contributed by atoms with van der Waals surface area (Å²) in [7, 11) is -3.93. The summed E-state index contributed by atoms with van der Waals surface area (Å²) in [5, 5.41) is 0. The third kappa shape index (κ3) is 5.53. The van der Waals surface area contributed by atoms with Crippen molar-refractivity contribution >= 4 is 15.8 Å². The number of hydrogen-bond donors (Lipinski definition) is 0. The number of nitrogens with zero attached hydrogens (tertiary/aromatic N) is 1. The molecule has 0 N–H and O–H groups in total. The highest BCUT2D eigenvalue weighted by molar-refractivity contribution is 7.96. The zero-order valence-electron chi connectivity index (χ0n) is 14.4. The molecule has 1 rings (SSSR count). The molecule has 1 aromatic carbocycles. The maximum absolute atomic E-state index is 12.7. The number of esters is 1. The summed E-state index contributed by atoms with van der Waals surface area (Å²) in [5.74, 6) is -0.829. The Kier molecular flexibility index (Phi) is 8.26. The van der Waals surface area contributed by atoms with Crippen LogP contribution in [-0.2, 0) is 19.4 Å². The van der Waals surface area contributed by atoms with Crippen LogP contribution < -0.4 is 0 Å². The molecule has 0 unspecified atom stereocenters. The van der Waals surface area contributed by atoms with Gasteiger partial charge in [-0.25, -0.2) is 13.2 Å². The molecule has 0 aliphatic heterocycles. The predicted octanol–water partition coefficient (Wildman–Crippen LogP) is 3.15. The molecule has 24 heavy (non-hydrogen) atoms. The van der Waals surface area contributed by atoms with E-state index in [1.165, 1.54) is 18.2 Å². The van der Waals surface area contributed by atoms with E-state index in [9.17, 15) is 13.2 Å². The highest BCUT2D eigenvalue weighted by Gasteiger charge is 2.27. The van der Waals surface area contributed by atoms with Gasteiger partial charge in [-0.05, 0) is 50.8 Å². The molecule has 132 valence electrons. The normalized spacial score (nSPS) is 12.4. The van der Waals surface area contributed by atoms with Gasteiger partial charge in [0.15, 0.2) is 4.91 Å². The van der Waals surface area contributed by atoms with Crippen LogP contribution in [0, 0.1) is 0 Å². The molecule has 0 aliphatic rings. The van der Waals surface area contributed by atoms with Crippen molar-refractivity contribution in [1.29, 1.82) is 0 Å². The van der Waals surface area contributed by atoms with E-state index in [-0.39, 0.29) is 16.4 Å². The summed E-state index contributed by atoms with van der Waals surface area (Å²) in [6.07, 6.45) is 5.25. The molecule has 0 fully saturated rings. The molecule has 5 nitrogen and oxygen atoms in total. The van der Waals surface area contributed by atoms with Crippen LogP contribution in [0.15, 0.2) is 58.5 Å². The van der Waals surface area contributed by atoms with Crippen LogP contribution in [0.3, 0.4) is 0 Å². The lowest BCUT2D eigenvalue weighted by atomic mass is 10.4. The Labute approximate surface area is 144 Å². The van der Waals surface area contributed by atoms with Gasteiger partial charge in [-0.3, -0.25) is 0 Å². The number of sulfone groups is 1. The van der Waals surface area contributed by atoms with Gasteiger partial charge < -0.3 is 9.64 Å². The second-order valence-corrected chi connectivity index (χ2v) is 6.96. The second kappa shape index (κ2) is 9.93. The van der Waals surface area contributed by atoms with E-state index in [2.05, 4.69) is 0 Å². The summed E-state index contributed by atoms with van der Waals surface area (Å²) in [4.78, 5) is 13.9. The SMILES string of the molecule is CCCOC(=O)/C(=C/C=C/N(CC)CC)S(=O)(=O)c1ccccc1. The Morgan fingerprint density at radius 2 is 1.75 bits per heavy atom. The zero-order valence-corrected chi connectivity index (χ0v) is 15.3. The number of ether oxygens (including phenoxy) is 1. The Morgan fingerprint density at radius 1 is 1.12 bits per heavy atom. The van der Waals surface area contributed by atoms with Crippen LogP contribution in [-0.4, -0.2) is 39.0 Å². The van der Waals surface area contributed by atoms with Gasteiger partial charge in [0.2, 0.25) is 9.84 Å². The summed E-state index contributed by atoms with van der Waals surface area (Å²) in [6.45, 7) is 7.61. The molecular weight excluding hydrogens is 326 g/mol. The molecule has 0 bridgehead atoms. The molecule has 0 spiro atoms. The van der Waals surface area contributed by atoms with Gasteiger partial charge in [0, 0.05) is 13.1 Å². The van der Waals surface area contributed by atoms with Crippen molar-refractivity contribution in [3.8, 4) is 0 Å². The van der Waals surface area contributed by atoms with Crippen LogP contribution in [0.25, 0.3) is 0 Å². The minimum Gasteiger partial charge on any atom is -0.462 e. The first-order valence-electron chi connectivity index (χ1n) is 8.07. The van der Waals surface area contributed by atoms with Crippen molar-refractivity contribution in [2.45, 2.75) is 32.1 Å². The van der Waals surface area contributed by atoms with E-state index in [0.29, 0.717) is 6.42 Å². The lowest BCUT2D eigenvalue weighted by Gasteiger charge is -2.14. The number of benzene rings is 1. The smallest absolute Gasteiger partial charge is 0.350 e. The highest BCUT2D eigenvalue weighted by atomic mass is 32.2. The van der Waals surface area contributed by atoms with Crippen molar-refractivity contribution in [2.75, 3.05) is 19.7 Å². The van der Waals surface area contributed by atoms with Gasteiger partial charge in [-0.15, -0.1) is 0 Å². The first kappa shape index (κ1) is 20.0. The Balaban J connectivity index is 3.21. The standard InChI is InChI=1S/C18H25NO4S/c1-4-15-23-18(20)17(13-10-14-19(5-2)6-3)24(21,22)16-11-8-7-9-12-16/h7-14H,4-6,15H2,1-3H3/b14-10+,17-13-. The quantitative estimate of drug-likeness (QED) is 0.388. The van der Waals surface area contributed by atoms with Gasteiger partial charge in [0.05, 0.1) is 11.5 Å². The van der Waals surface area contributed by atoms with Gasteiger partial charge in [-0.2, -0.15) is 0 Å². The van der Waals surface area contributed by atoms with Crippen molar-refractivity contribution in [3.63, 3.8) is 0 Å². The fraction of sp³-hybridized carbons (Fsp3) is 0.389. The molecule has 0 aromatic heterocycles. The Morgan fingerprint density at radius 3 is 2.29 bits per heavy atom. The van der Waals surface area contributed by atoms with Crippen molar-refractivity contribution in [3.05, 3.63) is 53.6 Å². The maximum Gasteiger partial charge on any atom is 0.350 e. The Hall–Kier alpha value is -2.08. The second-order valence-electron chi connectivity index (χ2n) is 5.05. The third-order valence-corrected chi connectivity index (χ3v) is 5.11. The average Bonchev–Trinajstić information content (AvgIpc) is 2.60. The van der Waals surface area contributed by atoms with Crippen LogP contribution in [0.5, 0.6) is 0 Å². The zero-order chi connectivity index (χ0) is 18.0. The lowest BCUT2D eigenvalue weighted by molar-refractivity contribution is -0.138. The number of hydrogen-bond acceptors (Lipinski definition) is 5. The van der Waals surface area contributed by atoms with Gasteiger partial charge in [0.1, 0.15) is 0 Å². The summed E-state index contributed by atoms with van der Waals surface area (Å²) in [5.41, 5.74) is 0. The molecule has 0 saturated heterocycles. The molecule has 0 amide bonds. The Bertz CT molecular complexity index is 674. The molecular formula is C18H25NO4S. The minimum absolute atomic E-state index is 0.0703. The molecule has 0 saturated carbocycles. The van der Waals surface area contributed by atoms with Crippen molar-refractivity contribution < 1.29 is 17.9 Å². The fourth-order valence-corrected chi connectivity index (χ4v) is 3.25. The number of carbonyl (C=O) groups is 1. The van der Waals surface area contributed by atoms with E-state index in [1.807, 2.05) is 25.7 Å². The summed E-state index contributed by atoms with van der Waals surface area (Å²) in [6, 6.07) is 7.88. The van der Waals surface area contributed by atoms with Gasteiger partial charge >= 0.3 is 5.97 Å². The molecule has 1 aromatic rings. The monoisotopic (exact) mass is 351 g/mol. The highest BCUT2D eigenvalue weighted by Crippen LogP contribution is 2.20. The summed E-state index contributed by atoms with van der Waals surface area (Å²) < 4.78 is 30.5. The van der Waals surface area contributed by atoms with Crippen molar-refractivity contribution in [2.24, 2.45) is 0 Å². The number of allylic oxidation sites excluding steroid dienone is 2. The van der Waals surface area contributed by atoms with E-state index in [1.54, 1.807) is 30.5 Å². The molecule has 0 heterocycles. The lowest BCUT2D eigenvalue weighted by Crippen LogP contribution is -2.17. The van der Waals surface area contributed by atoms with Gasteiger partial charge in [-0.1, -0.05) is 25.1 Å². The molecule has 0 aliphatic carbocycles. The maximum atomic E-state index is 12.7. The first-order valence-corrected chi connectivity index (χ1v) is 9.55. The minimum atomic E-state index is -3.93. The molecule has 0 radical (unpaired) electrons. The van der Waals surface area contributed by atoms with Crippen LogP contribution in [0.1, 0.15) is 27.2 Å². The van der Waals surface area contributed by atoms with E-state index in [0.717, 1.165) is 13.1 Å². The topological polar surface area (TPSA) is 63.7 Å². The van der Waals surface area contributed by atoms with E-state index in [4.69, 9.17) is 4.74 Å².